The van der Waals surface area contributed by atoms with Gasteiger partial charge in [0.2, 0.25) is 5.91 Å². The van der Waals surface area contributed by atoms with Crippen molar-refractivity contribution in [1.29, 1.82) is 0 Å². The second-order valence-electron chi connectivity index (χ2n) is 3.21. The number of amides is 1. The van der Waals surface area contributed by atoms with E-state index in [1.807, 2.05) is 0 Å². The maximum absolute atomic E-state index is 11.2. The van der Waals surface area contributed by atoms with Gasteiger partial charge in [0.05, 0.1) is 0 Å². The van der Waals surface area contributed by atoms with Gasteiger partial charge in [-0.15, -0.1) is 22.9 Å². The number of aromatic nitrogens is 1. The van der Waals surface area contributed by atoms with Gasteiger partial charge in [0, 0.05) is 23.4 Å². The fourth-order valence-electron chi connectivity index (χ4n) is 0.879. The van der Waals surface area contributed by atoms with E-state index in [1.54, 1.807) is 6.20 Å². The number of thiazole rings is 1. The number of alkyl halides is 1. The smallest absolute Gasteiger partial charge is 0.227 e. The number of carbonyl (C=O) groups excluding carboxylic acids is 1. The summed E-state index contributed by atoms with van der Waals surface area (Å²) in [4.78, 5) is 16.4. The summed E-state index contributed by atoms with van der Waals surface area (Å²) in [5.41, 5.74) is 0. The monoisotopic (exact) mass is 232 g/mol. The first-order valence-electron chi connectivity index (χ1n) is 4.45. The number of halogens is 1. The molecule has 78 valence electrons. The van der Waals surface area contributed by atoms with E-state index in [1.165, 1.54) is 16.2 Å². The van der Waals surface area contributed by atoms with E-state index in [2.05, 4.69) is 24.1 Å². The van der Waals surface area contributed by atoms with Crippen LogP contribution in [0.25, 0.3) is 0 Å². The number of rotatable bonds is 4. The Balaban J connectivity index is 2.55. The van der Waals surface area contributed by atoms with Gasteiger partial charge in [-0.05, 0) is 5.92 Å². The Hall–Kier alpha value is -0.610. The average molecular weight is 233 g/mol. The Morgan fingerprint density at radius 3 is 2.93 bits per heavy atom. The molecule has 0 saturated heterocycles. The zero-order valence-electron chi connectivity index (χ0n) is 8.21. The van der Waals surface area contributed by atoms with Crippen molar-refractivity contribution in [3.63, 3.8) is 0 Å². The summed E-state index contributed by atoms with van der Waals surface area (Å²) in [6.07, 6.45) is 2.13. The lowest BCUT2D eigenvalue weighted by Crippen LogP contribution is -2.11. The molecule has 1 N–H and O–H groups in total. The molecule has 0 spiro atoms. The van der Waals surface area contributed by atoms with Gasteiger partial charge in [-0.2, -0.15) is 0 Å². The lowest BCUT2D eigenvalue weighted by molar-refractivity contribution is -0.115. The molecule has 0 unspecified atom stereocenters. The molecular weight excluding hydrogens is 220 g/mol. The largest absolute Gasteiger partial charge is 0.302 e. The summed E-state index contributed by atoms with van der Waals surface area (Å²) in [7, 11) is 0. The molecule has 0 aliphatic heterocycles. The van der Waals surface area contributed by atoms with Crippen molar-refractivity contribution >= 4 is 34.0 Å². The lowest BCUT2D eigenvalue weighted by atomic mass is 10.2. The minimum atomic E-state index is -0.0790. The highest BCUT2D eigenvalue weighted by Gasteiger charge is 2.07. The maximum Gasteiger partial charge on any atom is 0.227 e. The molecule has 0 aromatic carbocycles. The number of carbonyl (C=O) groups is 1. The van der Waals surface area contributed by atoms with Gasteiger partial charge in [-0.25, -0.2) is 4.98 Å². The minimum absolute atomic E-state index is 0.0790. The number of hydrogen-bond acceptors (Lipinski definition) is 3. The molecule has 3 nitrogen and oxygen atoms in total. The predicted octanol–water partition coefficient (Wildman–Crippen LogP) is 2.83. The number of nitrogens with one attached hydrogen (secondary N) is 1. The third kappa shape index (κ3) is 3.27. The fraction of sp³-hybridized carbons (Fsp3) is 0.556. The van der Waals surface area contributed by atoms with Crippen molar-refractivity contribution in [2.45, 2.75) is 26.2 Å². The van der Waals surface area contributed by atoms with E-state index in [9.17, 15) is 4.79 Å². The molecule has 1 rings (SSSR count). The van der Waals surface area contributed by atoms with Crippen molar-refractivity contribution in [2.24, 2.45) is 0 Å². The van der Waals surface area contributed by atoms with Crippen molar-refractivity contribution in [3.05, 3.63) is 11.1 Å². The normalized spacial score (nSPS) is 10.6. The molecule has 14 heavy (non-hydrogen) atoms. The van der Waals surface area contributed by atoms with Crippen LogP contribution in [0.3, 0.4) is 0 Å². The highest BCUT2D eigenvalue weighted by molar-refractivity contribution is 7.15. The summed E-state index contributed by atoms with van der Waals surface area (Å²) >= 11 is 6.95. The second kappa shape index (κ2) is 5.32. The van der Waals surface area contributed by atoms with Gasteiger partial charge >= 0.3 is 0 Å². The highest BCUT2D eigenvalue weighted by Crippen LogP contribution is 2.25. The van der Waals surface area contributed by atoms with Gasteiger partial charge in [-0.3, -0.25) is 4.79 Å². The van der Waals surface area contributed by atoms with Crippen LogP contribution < -0.4 is 5.32 Å². The molecule has 1 amide bonds. The maximum atomic E-state index is 11.2. The average Bonchev–Trinajstić information content (AvgIpc) is 2.53. The van der Waals surface area contributed by atoms with Crippen LogP contribution >= 0.6 is 22.9 Å². The molecule has 0 aliphatic rings. The van der Waals surface area contributed by atoms with Gasteiger partial charge in [0.15, 0.2) is 5.13 Å². The van der Waals surface area contributed by atoms with E-state index >= 15 is 0 Å². The summed E-state index contributed by atoms with van der Waals surface area (Å²) in [6.45, 7) is 4.19. The van der Waals surface area contributed by atoms with Crippen molar-refractivity contribution < 1.29 is 4.79 Å². The van der Waals surface area contributed by atoms with Crippen LogP contribution in [0.15, 0.2) is 6.20 Å². The topological polar surface area (TPSA) is 42.0 Å². The van der Waals surface area contributed by atoms with E-state index in [-0.39, 0.29) is 5.91 Å². The first-order valence-corrected chi connectivity index (χ1v) is 5.80. The Morgan fingerprint density at radius 1 is 1.71 bits per heavy atom. The quantitative estimate of drug-likeness (QED) is 0.812. The number of anilines is 1. The van der Waals surface area contributed by atoms with Gasteiger partial charge in [0.25, 0.3) is 0 Å². The van der Waals surface area contributed by atoms with Crippen LogP contribution in [0.2, 0.25) is 0 Å². The number of nitrogens with zero attached hydrogens (tertiary/aromatic N) is 1. The fourth-order valence-corrected chi connectivity index (χ4v) is 1.89. The SMILES string of the molecule is CC(C)c1cnc(NC(=O)CCCl)s1. The molecular formula is C9H13ClN2OS. The Kier molecular flexibility index (Phi) is 4.35. The third-order valence-electron chi connectivity index (χ3n) is 1.66. The molecule has 0 saturated carbocycles. The predicted molar refractivity (Wildman–Crippen MR) is 60.2 cm³/mol. The van der Waals surface area contributed by atoms with Crippen LogP contribution in [0.5, 0.6) is 0 Å². The van der Waals surface area contributed by atoms with Crippen LogP contribution in [0.1, 0.15) is 31.1 Å². The van der Waals surface area contributed by atoms with Crippen LogP contribution in [-0.2, 0) is 4.79 Å². The summed E-state index contributed by atoms with van der Waals surface area (Å²) in [5.74, 6) is 0.713. The van der Waals surface area contributed by atoms with Gasteiger partial charge in [0.1, 0.15) is 0 Å². The first kappa shape index (κ1) is 11.5. The molecule has 0 bridgehead atoms. The highest BCUT2D eigenvalue weighted by atomic mass is 35.5. The molecule has 0 radical (unpaired) electrons. The van der Waals surface area contributed by atoms with E-state index in [4.69, 9.17) is 11.6 Å². The zero-order valence-corrected chi connectivity index (χ0v) is 9.78. The summed E-state index contributed by atoms with van der Waals surface area (Å²) in [5, 5.41) is 3.36. The number of hydrogen-bond donors (Lipinski definition) is 1. The zero-order chi connectivity index (χ0) is 10.6. The van der Waals surface area contributed by atoms with E-state index in [0.717, 1.165) is 0 Å². The van der Waals surface area contributed by atoms with Crippen LogP contribution in [0.4, 0.5) is 5.13 Å². The van der Waals surface area contributed by atoms with E-state index < -0.39 is 0 Å². The molecule has 1 heterocycles. The third-order valence-corrected chi connectivity index (χ3v) is 3.06. The summed E-state index contributed by atoms with van der Waals surface area (Å²) in [6, 6.07) is 0. The first-order chi connectivity index (χ1) is 6.63. The standard InChI is InChI=1S/C9H13ClN2OS/c1-6(2)7-5-11-9(14-7)12-8(13)3-4-10/h5-6H,3-4H2,1-2H3,(H,11,12,13). The Labute approximate surface area is 92.5 Å². The van der Waals surface area contributed by atoms with Gasteiger partial charge < -0.3 is 5.32 Å². The Bertz CT molecular complexity index is 312. The Morgan fingerprint density at radius 2 is 2.43 bits per heavy atom. The van der Waals surface area contributed by atoms with Crippen molar-refractivity contribution in [1.82, 2.24) is 4.98 Å². The molecule has 1 aromatic heterocycles. The molecule has 0 atom stereocenters. The molecule has 0 aliphatic carbocycles. The van der Waals surface area contributed by atoms with Crippen LogP contribution in [-0.4, -0.2) is 16.8 Å². The second-order valence-corrected chi connectivity index (χ2v) is 4.65. The van der Waals surface area contributed by atoms with Gasteiger partial charge in [-0.1, -0.05) is 13.8 Å². The minimum Gasteiger partial charge on any atom is -0.302 e. The summed E-state index contributed by atoms with van der Waals surface area (Å²) < 4.78 is 0. The molecule has 5 heteroatoms. The van der Waals surface area contributed by atoms with Crippen molar-refractivity contribution in [3.8, 4) is 0 Å². The molecule has 1 aromatic rings. The van der Waals surface area contributed by atoms with Crippen molar-refractivity contribution in [2.75, 3.05) is 11.2 Å². The van der Waals surface area contributed by atoms with E-state index in [0.29, 0.717) is 23.4 Å². The molecule has 0 fully saturated rings. The van der Waals surface area contributed by atoms with Crippen LogP contribution in [0, 0.1) is 0 Å². The lowest BCUT2D eigenvalue weighted by Gasteiger charge is -1.98.